The third-order valence-electron chi connectivity index (χ3n) is 0.701. The number of hydrogen-bond acceptors (Lipinski definition) is 5. The molecule has 1 heterocycles. The number of hydrogen-bond donors (Lipinski definition) is 0. The lowest BCUT2D eigenvalue weighted by atomic mass is 10.6. The van der Waals surface area contributed by atoms with Crippen LogP contribution in [0.15, 0.2) is 10.7 Å². The normalized spacial score (nSPS) is 8.89. The van der Waals surface area contributed by atoms with E-state index >= 15 is 0 Å². The Labute approximate surface area is 50.6 Å². The zero-order valence-electron chi connectivity index (χ0n) is 4.48. The summed E-state index contributed by atoms with van der Waals surface area (Å²) in [7, 11) is 0. The predicted octanol–water partition coefficient (Wildman–Crippen LogP) is -0.257. The number of carbonyl (C=O) groups excluding carboxylic acids is 1. The Morgan fingerprint density at radius 3 is 3.33 bits per heavy atom. The highest BCUT2D eigenvalue weighted by atomic mass is 16.5. The van der Waals surface area contributed by atoms with Crippen LogP contribution in [0.2, 0.25) is 0 Å². The van der Waals surface area contributed by atoms with E-state index in [1.165, 1.54) is 6.20 Å². The van der Waals surface area contributed by atoms with E-state index in [2.05, 4.69) is 19.6 Å². The van der Waals surface area contributed by atoms with Crippen LogP contribution in [0.25, 0.3) is 0 Å². The number of carbonyl (C=O) groups is 1. The van der Waals surface area contributed by atoms with Gasteiger partial charge in [0.05, 0.1) is 6.20 Å². The molecule has 0 aliphatic carbocycles. The van der Waals surface area contributed by atoms with E-state index in [1.807, 2.05) is 0 Å². The number of rotatable bonds is 3. The van der Waals surface area contributed by atoms with Gasteiger partial charge in [0.2, 0.25) is 0 Å². The van der Waals surface area contributed by atoms with Gasteiger partial charge in [-0.3, -0.25) is 4.79 Å². The van der Waals surface area contributed by atoms with Crippen LogP contribution in [-0.2, 0) is 16.1 Å². The molecule has 0 unspecified atom stereocenters. The molecule has 0 aliphatic heterocycles. The first kappa shape index (κ1) is 5.74. The highest BCUT2D eigenvalue weighted by Crippen LogP contribution is 1.93. The van der Waals surface area contributed by atoms with Crippen LogP contribution in [0.1, 0.15) is 5.76 Å². The lowest BCUT2D eigenvalue weighted by Gasteiger charge is -1.87. The lowest BCUT2D eigenvalue weighted by Crippen LogP contribution is -1.86. The fourth-order valence-corrected chi connectivity index (χ4v) is 0.367. The quantitative estimate of drug-likeness (QED) is 0.525. The van der Waals surface area contributed by atoms with E-state index in [0.29, 0.717) is 12.2 Å². The molecular formula is C4H4N2O3. The van der Waals surface area contributed by atoms with Gasteiger partial charge >= 0.3 is 0 Å². The molecule has 0 saturated carbocycles. The third-order valence-corrected chi connectivity index (χ3v) is 0.701. The smallest absolute Gasteiger partial charge is 0.293 e. The fraction of sp³-hybridized carbons (Fsp3) is 0.250. The first-order chi connectivity index (χ1) is 4.43. The minimum absolute atomic E-state index is 0.0938. The maximum absolute atomic E-state index is 9.60. The summed E-state index contributed by atoms with van der Waals surface area (Å²) in [4.78, 5) is 9.60. The monoisotopic (exact) mass is 128 g/mol. The molecule has 0 radical (unpaired) electrons. The maximum Gasteiger partial charge on any atom is 0.293 e. The van der Waals surface area contributed by atoms with Crippen molar-refractivity contribution in [3.63, 3.8) is 0 Å². The van der Waals surface area contributed by atoms with Gasteiger partial charge in [0, 0.05) is 5.27 Å². The minimum Gasteiger partial charge on any atom is -0.460 e. The van der Waals surface area contributed by atoms with Gasteiger partial charge in [0.1, 0.15) is 0 Å². The summed E-state index contributed by atoms with van der Waals surface area (Å²) in [6.45, 7) is 0.430. The largest absolute Gasteiger partial charge is 0.460 e. The third kappa shape index (κ3) is 1.52. The van der Waals surface area contributed by atoms with Crippen molar-refractivity contribution in [2.24, 2.45) is 0 Å². The van der Waals surface area contributed by atoms with Crippen molar-refractivity contribution in [2.45, 2.75) is 6.61 Å². The van der Waals surface area contributed by atoms with E-state index < -0.39 is 0 Å². The van der Waals surface area contributed by atoms with Crippen LogP contribution >= 0.6 is 0 Å². The molecule has 0 atom stereocenters. The predicted molar refractivity (Wildman–Crippen MR) is 25.2 cm³/mol. The first-order valence-electron chi connectivity index (χ1n) is 2.25. The Morgan fingerprint density at radius 1 is 1.89 bits per heavy atom. The van der Waals surface area contributed by atoms with E-state index in [-0.39, 0.29) is 6.61 Å². The summed E-state index contributed by atoms with van der Waals surface area (Å²) in [5, 5.41) is 6.52. The van der Waals surface area contributed by atoms with Gasteiger partial charge in [-0.15, -0.1) is 5.10 Å². The van der Waals surface area contributed by atoms with Crippen molar-refractivity contribution in [1.82, 2.24) is 10.4 Å². The topological polar surface area (TPSA) is 65.2 Å². The van der Waals surface area contributed by atoms with Crippen LogP contribution in [-0.4, -0.2) is 16.8 Å². The zero-order valence-corrected chi connectivity index (χ0v) is 4.48. The Bertz CT molecular complexity index is 172. The Morgan fingerprint density at radius 2 is 2.78 bits per heavy atom. The first-order valence-corrected chi connectivity index (χ1v) is 2.25. The molecule has 9 heavy (non-hydrogen) atoms. The van der Waals surface area contributed by atoms with Gasteiger partial charge in [-0.1, -0.05) is 0 Å². The highest BCUT2D eigenvalue weighted by Gasteiger charge is 1.94. The summed E-state index contributed by atoms with van der Waals surface area (Å²) < 4.78 is 8.81. The molecular weight excluding hydrogens is 124 g/mol. The summed E-state index contributed by atoms with van der Waals surface area (Å²) in [6, 6.07) is 0. The Hall–Kier alpha value is -1.39. The van der Waals surface area contributed by atoms with Crippen LogP contribution in [0, 0.1) is 0 Å². The van der Waals surface area contributed by atoms with Gasteiger partial charge < -0.3 is 9.26 Å². The SMILES string of the molecule is O=COCc1cnno1. The van der Waals surface area contributed by atoms with E-state index in [0.717, 1.165) is 0 Å². The number of aromatic nitrogens is 2. The minimum atomic E-state index is 0.0938. The average Bonchev–Trinajstić information content (AvgIpc) is 2.34. The Kier molecular flexibility index (Phi) is 1.79. The molecule has 0 amide bonds. The lowest BCUT2D eigenvalue weighted by molar-refractivity contribution is -0.130. The van der Waals surface area contributed by atoms with Gasteiger partial charge in [0.25, 0.3) is 6.47 Å². The highest BCUT2D eigenvalue weighted by molar-refractivity contribution is 5.36. The van der Waals surface area contributed by atoms with Crippen LogP contribution in [0.4, 0.5) is 0 Å². The van der Waals surface area contributed by atoms with Crippen molar-refractivity contribution in [3.8, 4) is 0 Å². The molecule has 0 N–H and O–H groups in total. The number of ether oxygens (including phenoxy) is 1. The molecule has 5 heteroatoms. The molecule has 48 valence electrons. The fourth-order valence-electron chi connectivity index (χ4n) is 0.367. The second-order valence-corrected chi connectivity index (χ2v) is 1.29. The standard InChI is InChI=1S/C4H4N2O3/c7-3-8-2-4-1-5-6-9-4/h1,3H,2H2. The summed E-state index contributed by atoms with van der Waals surface area (Å²) in [6.07, 6.45) is 1.38. The second-order valence-electron chi connectivity index (χ2n) is 1.29. The van der Waals surface area contributed by atoms with Crippen LogP contribution < -0.4 is 0 Å². The van der Waals surface area contributed by atoms with Crippen LogP contribution in [0.5, 0.6) is 0 Å². The van der Waals surface area contributed by atoms with Gasteiger partial charge in [0.15, 0.2) is 12.4 Å². The second kappa shape index (κ2) is 2.81. The molecule has 0 bridgehead atoms. The molecule has 1 rings (SSSR count). The van der Waals surface area contributed by atoms with Gasteiger partial charge in [-0.05, 0) is 0 Å². The van der Waals surface area contributed by atoms with E-state index in [4.69, 9.17) is 0 Å². The Balaban J connectivity index is 2.38. The van der Waals surface area contributed by atoms with Crippen molar-refractivity contribution in [3.05, 3.63) is 12.0 Å². The molecule has 0 spiro atoms. The van der Waals surface area contributed by atoms with Crippen LogP contribution in [0.3, 0.4) is 0 Å². The molecule has 0 saturated heterocycles. The molecule has 1 aromatic rings. The summed E-state index contributed by atoms with van der Waals surface area (Å²) in [5.74, 6) is 0.433. The number of nitrogens with zero attached hydrogens (tertiary/aromatic N) is 2. The summed E-state index contributed by atoms with van der Waals surface area (Å²) >= 11 is 0. The van der Waals surface area contributed by atoms with Gasteiger partial charge in [-0.2, -0.15) is 0 Å². The molecule has 0 aliphatic rings. The maximum atomic E-state index is 9.60. The van der Waals surface area contributed by atoms with E-state index in [9.17, 15) is 4.79 Å². The average molecular weight is 128 g/mol. The van der Waals surface area contributed by atoms with Crippen molar-refractivity contribution in [2.75, 3.05) is 0 Å². The zero-order chi connectivity index (χ0) is 6.53. The molecule has 0 fully saturated rings. The van der Waals surface area contributed by atoms with Crippen molar-refractivity contribution in [1.29, 1.82) is 0 Å². The molecule has 5 nitrogen and oxygen atoms in total. The molecule has 0 aromatic carbocycles. The van der Waals surface area contributed by atoms with Crippen molar-refractivity contribution >= 4 is 6.47 Å². The van der Waals surface area contributed by atoms with Gasteiger partial charge in [-0.25, -0.2) is 0 Å². The van der Waals surface area contributed by atoms with Crippen molar-refractivity contribution < 1.29 is 14.1 Å². The molecule has 1 aromatic heterocycles. The van der Waals surface area contributed by atoms with E-state index in [1.54, 1.807) is 0 Å². The summed E-state index contributed by atoms with van der Waals surface area (Å²) in [5.41, 5.74) is 0.